The summed E-state index contributed by atoms with van der Waals surface area (Å²) in [5.74, 6) is -4.05. The van der Waals surface area contributed by atoms with Crippen molar-refractivity contribution < 1.29 is 41.0 Å². The van der Waals surface area contributed by atoms with Crippen molar-refractivity contribution in [2.24, 2.45) is 11.8 Å². The van der Waals surface area contributed by atoms with Gasteiger partial charge in [-0.25, -0.2) is 0 Å². The third-order valence-electron chi connectivity index (χ3n) is 8.57. The lowest BCUT2D eigenvalue weighted by Crippen LogP contribution is -2.65. The van der Waals surface area contributed by atoms with Gasteiger partial charge in [0, 0.05) is 24.4 Å². The maximum absolute atomic E-state index is 13.9. The number of hydrogen-bond donors (Lipinski definition) is 1. The molecule has 3 fully saturated rings. The van der Waals surface area contributed by atoms with Crippen molar-refractivity contribution in [1.29, 1.82) is 0 Å². The van der Waals surface area contributed by atoms with Gasteiger partial charge in [-0.3, -0.25) is 9.69 Å². The fraction of sp³-hybridized carbons (Fsp3) is 0.355. The predicted octanol–water partition coefficient (Wildman–Crippen LogP) is 5.82. The van der Waals surface area contributed by atoms with Crippen LogP contribution in [0.4, 0.5) is 26.3 Å². The number of aliphatic carboxylic acids is 1. The minimum absolute atomic E-state index is 0.0681. The molecule has 3 saturated heterocycles. The molecule has 4 aromatic rings. The van der Waals surface area contributed by atoms with E-state index >= 15 is 0 Å². The monoisotopic (exact) mass is 631 g/mol. The van der Waals surface area contributed by atoms with Crippen molar-refractivity contribution in [1.82, 2.24) is 25.1 Å². The second-order valence-electron chi connectivity index (χ2n) is 11.3. The molecule has 0 radical (unpaired) electrons. The number of carbonyl (C=O) groups is 1. The molecule has 5 atom stereocenters. The Morgan fingerprint density at radius 3 is 2.16 bits per heavy atom. The first-order chi connectivity index (χ1) is 21.4. The number of rotatable bonds is 8. The molecule has 3 aliphatic rings. The molecule has 0 spiro atoms. The van der Waals surface area contributed by atoms with E-state index in [2.05, 4.69) is 20.4 Å². The number of nitrogens with zero attached hydrogens (tertiary/aromatic N) is 5. The van der Waals surface area contributed by atoms with E-state index in [1.165, 1.54) is 0 Å². The van der Waals surface area contributed by atoms with Crippen molar-refractivity contribution in [3.8, 4) is 5.69 Å². The highest BCUT2D eigenvalue weighted by Crippen LogP contribution is 2.46. The summed E-state index contributed by atoms with van der Waals surface area (Å²) in [6.45, 7) is 0.477. The van der Waals surface area contributed by atoms with Crippen LogP contribution in [0.5, 0.6) is 0 Å². The largest absolute Gasteiger partial charge is 0.481 e. The Labute approximate surface area is 253 Å². The van der Waals surface area contributed by atoms with Crippen LogP contribution in [0.15, 0.2) is 78.9 Å². The maximum Gasteiger partial charge on any atom is 0.453 e. The molecule has 0 saturated carbocycles. The van der Waals surface area contributed by atoms with Gasteiger partial charge in [0.15, 0.2) is 0 Å². The molecule has 236 valence electrons. The molecule has 2 bridgehead atoms. The molecule has 1 aromatic heterocycles. The number of tetrazole rings is 1. The van der Waals surface area contributed by atoms with Crippen LogP contribution in [-0.2, 0) is 28.5 Å². The van der Waals surface area contributed by atoms with Crippen LogP contribution in [0.25, 0.3) is 5.69 Å². The molecule has 4 heterocycles. The molecular weight excluding hydrogens is 604 g/mol. The standard InChI is InChI=1S/C31H27F6N5O3/c32-30(33,34)21-13-18(14-22(15-21)42-29(31(35,36)37)38-39-40-42)17-45-27-23-11-12-41(16-24(23)28(43)44)26(27)25(19-7-3-1-4-8-19)20-9-5-2-6-10-20/h1-10,13-15,23-27H,11-12,16-17H2,(H,43,44)/t23-,24+,26-,27-/m0/s1. The third kappa shape index (κ3) is 6.16. The van der Waals surface area contributed by atoms with E-state index in [-0.39, 0.29) is 28.7 Å². The van der Waals surface area contributed by atoms with Crippen molar-refractivity contribution in [2.45, 2.75) is 43.4 Å². The van der Waals surface area contributed by atoms with Crippen LogP contribution in [0.3, 0.4) is 0 Å². The summed E-state index contributed by atoms with van der Waals surface area (Å²) in [5, 5.41) is 19.3. The first-order valence-electron chi connectivity index (χ1n) is 14.2. The van der Waals surface area contributed by atoms with Gasteiger partial charge in [0.1, 0.15) is 0 Å². The van der Waals surface area contributed by atoms with E-state index in [1.54, 1.807) is 0 Å². The van der Waals surface area contributed by atoms with Gasteiger partial charge >= 0.3 is 18.3 Å². The summed E-state index contributed by atoms with van der Waals surface area (Å²) in [7, 11) is 0. The fourth-order valence-electron chi connectivity index (χ4n) is 6.69. The summed E-state index contributed by atoms with van der Waals surface area (Å²) in [5.41, 5.74) is 0.105. The highest BCUT2D eigenvalue weighted by atomic mass is 19.4. The number of benzene rings is 3. The van der Waals surface area contributed by atoms with Gasteiger partial charge in [-0.05, 0) is 58.3 Å². The minimum Gasteiger partial charge on any atom is -0.481 e. The van der Waals surface area contributed by atoms with Crippen LogP contribution < -0.4 is 0 Å². The van der Waals surface area contributed by atoms with Crippen LogP contribution in [-0.4, -0.2) is 61.4 Å². The maximum atomic E-state index is 13.9. The zero-order chi connectivity index (χ0) is 31.9. The number of carboxylic acids is 1. The Bertz CT molecular complexity index is 1610. The molecule has 1 unspecified atom stereocenters. The van der Waals surface area contributed by atoms with Crippen LogP contribution in [0, 0.1) is 11.8 Å². The zero-order valence-corrected chi connectivity index (χ0v) is 23.5. The molecule has 7 rings (SSSR count). The van der Waals surface area contributed by atoms with Gasteiger partial charge < -0.3 is 9.84 Å². The lowest BCUT2D eigenvalue weighted by Gasteiger charge is -2.55. The molecule has 1 N–H and O–H groups in total. The molecule has 0 amide bonds. The highest BCUT2D eigenvalue weighted by molar-refractivity contribution is 5.71. The highest BCUT2D eigenvalue weighted by Gasteiger charge is 2.53. The molecule has 3 aliphatic heterocycles. The molecular formula is C31H27F6N5O3. The number of hydrogen-bond acceptors (Lipinski definition) is 6. The Hall–Kier alpha value is -4.30. The molecule has 0 aliphatic carbocycles. The van der Waals surface area contributed by atoms with Gasteiger partial charge in [0.2, 0.25) is 0 Å². The Morgan fingerprint density at radius 2 is 1.58 bits per heavy atom. The molecule has 14 heteroatoms. The smallest absolute Gasteiger partial charge is 0.453 e. The Morgan fingerprint density at radius 1 is 0.933 bits per heavy atom. The Kier molecular flexibility index (Phi) is 8.12. The van der Waals surface area contributed by atoms with Crippen LogP contribution in [0.2, 0.25) is 0 Å². The lowest BCUT2D eigenvalue weighted by molar-refractivity contribution is -0.172. The first-order valence-corrected chi connectivity index (χ1v) is 14.2. The van der Waals surface area contributed by atoms with E-state index in [1.807, 2.05) is 60.7 Å². The summed E-state index contributed by atoms with van der Waals surface area (Å²) in [6.07, 6.45) is -10.1. The number of piperidine rings is 3. The van der Waals surface area contributed by atoms with E-state index in [9.17, 15) is 36.2 Å². The van der Waals surface area contributed by atoms with E-state index in [4.69, 9.17) is 4.74 Å². The van der Waals surface area contributed by atoms with Gasteiger partial charge in [0.25, 0.3) is 5.82 Å². The number of ether oxygens (including phenoxy) is 1. The van der Waals surface area contributed by atoms with Crippen molar-refractivity contribution in [3.05, 3.63) is 107 Å². The normalized spacial score (nSPS) is 23.4. The molecule has 45 heavy (non-hydrogen) atoms. The number of alkyl halides is 6. The van der Waals surface area contributed by atoms with Crippen LogP contribution >= 0.6 is 0 Å². The van der Waals surface area contributed by atoms with Crippen LogP contribution in [0.1, 0.15) is 40.4 Å². The van der Waals surface area contributed by atoms with Crippen molar-refractivity contribution >= 4 is 5.97 Å². The Balaban J connectivity index is 1.40. The van der Waals surface area contributed by atoms with Gasteiger partial charge in [-0.15, -0.1) is 5.10 Å². The average molecular weight is 632 g/mol. The topological polar surface area (TPSA) is 93.4 Å². The summed E-state index contributed by atoms with van der Waals surface area (Å²) >= 11 is 0. The predicted molar refractivity (Wildman–Crippen MR) is 147 cm³/mol. The second kappa shape index (κ2) is 11.9. The summed E-state index contributed by atoms with van der Waals surface area (Å²) < 4.78 is 88.9. The fourth-order valence-corrected chi connectivity index (χ4v) is 6.69. The quantitative estimate of drug-likeness (QED) is 0.245. The molecule has 8 nitrogen and oxygen atoms in total. The number of fused-ring (bicyclic) bond motifs is 3. The average Bonchev–Trinajstić information content (AvgIpc) is 3.53. The van der Waals surface area contributed by atoms with E-state index in [0.717, 1.165) is 23.3 Å². The van der Waals surface area contributed by atoms with E-state index < -0.39 is 59.9 Å². The van der Waals surface area contributed by atoms with E-state index in [0.29, 0.717) is 19.0 Å². The molecule has 3 aromatic carbocycles. The number of halogens is 6. The summed E-state index contributed by atoms with van der Waals surface area (Å²) in [6, 6.07) is 21.3. The SMILES string of the molecule is O=C(O)[C@@H]1CN2CC[C@@H]1[C@H](OCc1cc(-n3nnnc3C(F)(F)F)cc(C(F)(F)F)c1)[C@@H]2C(c1ccccc1)c1ccccc1. The van der Waals surface area contributed by atoms with Gasteiger partial charge in [-0.2, -0.15) is 31.0 Å². The number of aromatic nitrogens is 4. The van der Waals surface area contributed by atoms with Gasteiger partial charge in [-0.1, -0.05) is 60.7 Å². The lowest BCUT2D eigenvalue weighted by atomic mass is 9.68. The van der Waals surface area contributed by atoms with Gasteiger partial charge in [0.05, 0.1) is 29.9 Å². The first kappa shape index (κ1) is 30.7. The van der Waals surface area contributed by atoms with Crippen molar-refractivity contribution in [3.63, 3.8) is 0 Å². The van der Waals surface area contributed by atoms with Crippen molar-refractivity contribution in [2.75, 3.05) is 13.1 Å². The third-order valence-corrected chi connectivity index (χ3v) is 8.57. The number of carboxylic acid groups (broad SMARTS) is 1. The second-order valence-corrected chi connectivity index (χ2v) is 11.3. The zero-order valence-electron chi connectivity index (χ0n) is 23.5. The summed E-state index contributed by atoms with van der Waals surface area (Å²) in [4.78, 5) is 14.4. The minimum atomic E-state index is -5.02.